The maximum atomic E-state index is 13.9. The number of nitrogens with zero attached hydrogens (tertiary/aromatic N) is 2. The van der Waals surface area contributed by atoms with Crippen LogP contribution in [-0.4, -0.2) is 56.8 Å². The predicted molar refractivity (Wildman–Crippen MR) is 151 cm³/mol. The summed E-state index contributed by atoms with van der Waals surface area (Å²) in [4.78, 5) is 28.8. The van der Waals surface area contributed by atoms with Gasteiger partial charge in [-0.25, -0.2) is 8.42 Å². The van der Waals surface area contributed by atoms with Gasteiger partial charge in [0.2, 0.25) is 28.6 Å². The van der Waals surface area contributed by atoms with Crippen LogP contribution in [0.1, 0.15) is 51.0 Å². The first kappa shape index (κ1) is 29.3. The van der Waals surface area contributed by atoms with Crippen molar-refractivity contribution in [2.45, 2.75) is 64.1 Å². The lowest BCUT2D eigenvalue weighted by molar-refractivity contribution is -0.140. The van der Waals surface area contributed by atoms with Gasteiger partial charge in [0, 0.05) is 34.3 Å². The molecular weight excluding hydrogens is 565 g/mol. The molecule has 2 aliphatic rings. The summed E-state index contributed by atoms with van der Waals surface area (Å²) in [5.74, 6) is 0.0141. The van der Waals surface area contributed by atoms with Crippen LogP contribution in [0.2, 0.25) is 10.0 Å². The lowest BCUT2D eigenvalue weighted by atomic mass is 9.95. The van der Waals surface area contributed by atoms with E-state index in [0.29, 0.717) is 33.5 Å². The molecule has 39 heavy (non-hydrogen) atoms. The van der Waals surface area contributed by atoms with E-state index < -0.39 is 28.5 Å². The fourth-order valence-corrected chi connectivity index (χ4v) is 6.33. The standard InChI is InChI=1S/C27H33Cl2N3O6S/c1-3-23(27(34)30-18-8-5-4-6-9-18)31(15-20-21(28)10-7-11-22(20)29)26(33)16-32(39(2,35)36)19-12-13-24-25(14-19)38-17-37-24/h7,10-14,18,23H,3-6,8-9,15-17H2,1-2H3,(H,30,34)/t23-/m1/s1. The van der Waals surface area contributed by atoms with Gasteiger partial charge in [-0.05, 0) is 43.5 Å². The van der Waals surface area contributed by atoms with Crippen LogP contribution in [0.3, 0.4) is 0 Å². The van der Waals surface area contributed by atoms with Crippen LogP contribution in [0, 0.1) is 0 Å². The van der Waals surface area contributed by atoms with E-state index in [9.17, 15) is 18.0 Å². The summed E-state index contributed by atoms with van der Waals surface area (Å²) in [6.45, 7) is 1.24. The van der Waals surface area contributed by atoms with Crippen molar-refractivity contribution in [1.82, 2.24) is 10.2 Å². The number of halogens is 2. The molecule has 2 aromatic carbocycles. The minimum absolute atomic E-state index is 0.0250. The number of nitrogens with one attached hydrogen (secondary N) is 1. The zero-order valence-electron chi connectivity index (χ0n) is 22.0. The Morgan fingerprint density at radius 3 is 2.36 bits per heavy atom. The van der Waals surface area contributed by atoms with Crippen molar-refractivity contribution in [3.8, 4) is 11.5 Å². The Hall–Kier alpha value is -2.69. The lowest BCUT2D eigenvalue weighted by Gasteiger charge is -2.34. The summed E-state index contributed by atoms with van der Waals surface area (Å²) in [5, 5.41) is 3.79. The number of benzene rings is 2. The maximum Gasteiger partial charge on any atom is 0.244 e. The highest BCUT2D eigenvalue weighted by Crippen LogP contribution is 2.36. The molecule has 0 bridgehead atoms. The van der Waals surface area contributed by atoms with E-state index in [1.807, 2.05) is 6.92 Å². The number of hydrogen-bond acceptors (Lipinski definition) is 6. The van der Waals surface area contributed by atoms with E-state index in [2.05, 4.69) is 5.32 Å². The van der Waals surface area contributed by atoms with Gasteiger partial charge in [-0.2, -0.15) is 0 Å². The van der Waals surface area contributed by atoms with Gasteiger partial charge in [0.1, 0.15) is 12.6 Å². The van der Waals surface area contributed by atoms with Crippen molar-refractivity contribution < 1.29 is 27.5 Å². The van der Waals surface area contributed by atoms with Crippen LogP contribution < -0.4 is 19.1 Å². The summed E-state index contributed by atoms with van der Waals surface area (Å²) >= 11 is 12.9. The number of sulfonamides is 1. The van der Waals surface area contributed by atoms with Gasteiger partial charge in [0.25, 0.3) is 0 Å². The van der Waals surface area contributed by atoms with Gasteiger partial charge in [-0.1, -0.05) is 55.5 Å². The predicted octanol–water partition coefficient (Wildman–Crippen LogP) is 4.74. The molecule has 1 fully saturated rings. The van der Waals surface area contributed by atoms with Crippen LogP contribution in [0.15, 0.2) is 36.4 Å². The Kier molecular flexibility index (Phi) is 9.51. The molecule has 12 heteroatoms. The summed E-state index contributed by atoms with van der Waals surface area (Å²) in [7, 11) is -3.89. The molecule has 1 heterocycles. The molecule has 1 aliphatic heterocycles. The monoisotopic (exact) mass is 597 g/mol. The third-order valence-corrected chi connectivity index (χ3v) is 8.90. The molecule has 212 valence electrons. The maximum absolute atomic E-state index is 13.9. The Balaban J connectivity index is 1.65. The second kappa shape index (κ2) is 12.7. The van der Waals surface area contributed by atoms with Crippen molar-refractivity contribution in [3.05, 3.63) is 52.0 Å². The number of fused-ring (bicyclic) bond motifs is 1. The first-order valence-electron chi connectivity index (χ1n) is 13.0. The average Bonchev–Trinajstić information content (AvgIpc) is 3.36. The molecule has 0 aromatic heterocycles. The quantitative estimate of drug-likeness (QED) is 0.424. The Morgan fingerprint density at radius 2 is 1.72 bits per heavy atom. The van der Waals surface area contributed by atoms with E-state index in [1.54, 1.807) is 30.3 Å². The van der Waals surface area contributed by atoms with Crippen LogP contribution >= 0.6 is 23.2 Å². The summed E-state index contributed by atoms with van der Waals surface area (Å²) in [6, 6.07) is 8.84. The number of hydrogen-bond donors (Lipinski definition) is 1. The molecule has 0 spiro atoms. The van der Waals surface area contributed by atoms with Crippen molar-refractivity contribution in [2.75, 3.05) is 23.9 Å². The molecule has 1 atom stereocenters. The highest BCUT2D eigenvalue weighted by atomic mass is 35.5. The van der Waals surface area contributed by atoms with Crippen LogP contribution in [0.5, 0.6) is 11.5 Å². The zero-order valence-corrected chi connectivity index (χ0v) is 24.3. The van der Waals surface area contributed by atoms with Crippen molar-refractivity contribution in [3.63, 3.8) is 0 Å². The van der Waals surface area contributed by atoms with Crippen molar-refractivity contribution in [1.29, 1.82) is 0 Å². The average molecular weight is 599 g/mol. The molecule has 1 N–H and O–H groups in total. The minimum Gasteiger partial charge on any atom is -0.454 e. The SMILES string of the molecule is CC[C@H](C(=O)NC1CCCCC1)N(Cc1c(Cl)cccc1Cl)C(=O)CN(c1ccc2c(c1)OCO2)S(C)(=O)=O. The normalized spacial score (nSPS) is 16.0. The minimum atomic E-state index is -3.89. The third kappa shape index (κ3) is 7.10. The second-order valence-electron chi connectivity index (χ2n) is 9.80. The fourth-order valence-electron chi connectivity index (χ4n) is 4.97. The van der Waals surface area contributed by atoms with Crippen LogP contribution in [0.4, 0.5) is 5.69 Å². The molecule has 1 aliphatic carbocycles. The topological polar surface area (TPSA) is 105 Å². The van der Waals surface area contributed by atoms with E-state index in [0.717, 1.165) is 42.7 Å². The zero-order chi connectivity index (χ0) is 28.2. The van der Waals surface area contributed by atoms with E-state index >= 15 is 0 Å². The molecule has 9 nitrogen and oxygen atoms in total. The van der Waals surface area contributed by atoms with Gasteiger partial charge in [0.05, 0.1) is 11.9 Å². The molecule has 2 amide bonds. The number of rotatable bonds is 10. The number of ether oxygens (including phenoxy) is 2. The van der Waals surface area contributed by atoms with E-state index in [4.69, 9.17) is 32.7 Å². The molecule has 0 unspecified atom stereocenters. The van der Waals surface area contributed by atoms with Gasteiger partial charge >= 0.3 is 0 Å². The van der Waals surface area contributed by atoms with Crippen LogP contribution in [0.25, 0.3) is 0 Å². The number of carbonyl (C=O) groups is 2. The second-order valence-corrected chi connectivity index (χ2v) is 12.5. The van der Waals surface area contributed by atoms with Crippen molar-refractivity contribution in [2.24, 2.45) is 0 Å². The Morgan fingerprint density at radius 1 is 1.05 bits per heavy atom. The first-order valence-corrected chi connectivity index (χ1v) is 15.6. The molecule has 0 radical (unpaired) electrons. The summed E-state index contributed by atoms with van der Waals surface area (Å²) < 4.78 is 37.4. The molecular formula is C27H33Cl2N3O6S. The van der Waals surface area contributed by atoms with Gasteiger partial charge in [0.15, 0.2) is 11.5 Å². The molecule has 2 aromatic rings. The lowest BCUT2D eigenvalue weighted by Crippen LogP contribution is -2.54. The number of carbonyl (C=O) groups excluding carboxylic acids is 2. The Labute approximate surface area is 239 Å². The van der Waals surface area contributed by atoms with Crippen LogP contribution in [-0.2, 0) is 26.2 Å². The van der Waals surface area contributed by atoms with E-state index in [-0.39, 0.29) is 31.0 Å². The number of anilines is 1. The Bertz CT molecular complexity index is 1300. The van der Waals surface area contributed by atoms with Gasteiger partial charge in [-0.15, -0.1) is 0 Å². The van der Waals surface area contributed by atoms with Gasteiger partial charge in [-0.3, -0.25) is 13.9 Å². The smallest absolute Gasteiger partial charge is 0.244 e. The largest absolute Gasteiger partial charge is 0.454 e. The van der Waals surface area contributed by atoms with E-state index in [1.165, 1.54) is 11.0 Å². The highest BCUT2D eigenvalue weighted by molar-refractivity contribution is 7.92. The molecule has 4 rings (SSSR count). The fraction of sp³-hybridized carbons (Fsp3) is 0.481. The van der Waals surface area contributed by atoms with Crippen molar-refractivity contribution >= 4 is 50.7 Å². The van der Waals surface area contributed by atoms with Gasteiger partial charge < -0.3 is 19.7 Å². The highest BCUT2D eigenvalue weighted by Gasteiger charge is 2.34. The third-order valence-electron chi connectivity index (χ3n) is 7.05. The number of amides is 2. The summed E-state index contributed by atoms with van der Waals surface area (Å²) in [6.07, 6.45) is 6.33. The molecule has 0 saturated heterocycles. The first-order chi connectivity index (χ1) is 18.6. The molecule has 1 saturated carbocycles. The summed E-state index contributed by atoms with van der Waals surface area (Å²) in [5.41, 5.74) is 0.720.